The molecule has 168 valence electrons. The van der Waals surface area contributed by atoms with E-state index in [0.717, 1.165) is 50.5 Å². The number of likely N-dealkylation sites (tertiary alicyclic amines) is 1. The largest absolute Gasteiger partial charge is 0.417 e. The molecule has 0 spiro atoms. The normalized spacial score (nSPS) is 21.5. The number of piperazine rings is 1. The third-order valence-electron chi connectivity index (χ3n) is 6.16. The summed E-state index contributed by atoms with van der Waals surface area (Å²) in [6.07, 6.45) is -1.88. The molecular weight excluding hydrogens is 427 g/mol. The predicted molar refractivity (Wildman–Crippen MR) is 116 cm³/mol. The van der Waals surface area contributed by atoms with Crippen molar-refractivity contribution in [2.24, 2.45) is 5.92 Å². The van der Waals surface area contributed by atoms with Gasteiger partial charge in [-0.05, 0) is 56.6 Å². The lowest BCUT2D eigenvalue weighted by atomic mass is 9.97. The average Bonchev–Trinajstić information content (AvgIpc) is 2.73. The Morgan fingerprint density at radius 1 is 1.03 bits per heavy atom. The van der Waals surface area contributed by atoms with Gasteiger partial charge in [0, 0.05) is 44.8 Å². The minimum absolute atomic E-state index is 0.337. The number of alkyl halides is 3. The first-order valence-electron chi connectivity index (χ1n) is 10.7. The van der Waals surface area contributed by atoms with Crippen LogP contribution in [0.5, 0.6) is 0 Å². The zero-order valence-electron chi connectivity index (χ0n) is 17.6. The molecule has 0 saturated carbocycles. The first kappa shape index (κ1) is 22.3. The van der Waals surface area contributed by atoms with Crippen molar-refractivity contribution in [3.63, 3.8) is 0 Å². The average molecular weight is 454 g/mol. The summed E-state index contributed by atoms with van der Waals surface area (Å²) in [6, 6.07) is 7.30. The standard InChI is InChI=1S/C22H27ClF3N5/c1-29-8-2-3-16(14-29)15-30-9-11-31(12-10-30)21-7-6-20(27-28-21)17-4-5-18(19(23)13-17)22(24,25)26/h4-7,13,16H,2-3,8-12,14-15H2,1H3. The van der Waals surface area contributed by atoms with Crippen LogP contribution in [0.25, 0.3) is 11.3 Å². The van der Waals surface area contributed by atoms with E-state index in [4.69, 9.17) is 11.6 Å². The smallest absolute Gasteiger partial charge is 0.353 e. The molecule has 0 radical (unpaired) electrons. The van der Waals surface area contributed by atoms with Crippen LogP contribution in [0.3, 0.4) is 0 Å². The van der Waals surface area contributed by atoms with Crippen LogP contribution in [0.1, 0.15) is 18.4 Å². The molecule has 0 bridgehead atoms. The van der Waals surface area contributed by atoms with Crippen LogP contribution in [-0.4, -0.2) is 72.9 Å². The number of piperidine rings is 1. The number of benzene rings is 1. The summed E-state index contributed by atoms with van der Waals surface area (Å²) in [4.78, 5) is 7.16. The zero-order chi connectivity index (χ0) is 22.0. The Hall–Kier alpha value is -1.90. The van der Waals surface area contributed by atoms with Crippen LogP contribution in [0.15, 0.2) is 30.3 Å². The summed E-state index contributed by atoms with van der Waals surface area (Å²) < 4.78 is 38.7. The Morgan fingerprint density at radius 3 is 2.42 bits per heavy atom. The van der Waals surface area contributed by atoms with Gasteiger partial charge >= 0.3 is 6.18 Å². The maximum absolute atomic E-state index is 12.9. The summed E-state index contributed by atoms with van der Waals surface area (Å²) >= 11 is 5.82. The molecule has 1 atom stereocenters. The molecule has 2 saturated heterocycles. The predicted octanol–water partition coefficient (Wildman–Crippen LogP) is 4.28. The van der Waals surface area contributed by atoms with Crippen molar-refractivity contribution < 1.29 is 13.2 Å². The first-order valence-corrected chi connectivity index (χ1v) is 11.0. The van der Waals surface area contributed by atoms with Crippen molar-refractivity contribution in [3.8, 4) is 11.3 Å². The fraction of sp³-hybridized carbons (Fsp3) is 0.545. The van der Waals surface area contributed by atoms with Crippen LogP contribution < -0.4 is 4.90 Å². The number of hydrogen-bond acceptors (Lipinski definition) is 5. The first-order chi connectivity index (χ1) is 14.8. The molecule has 1 aromatic carbocycles. The molecule has 0 N–H and O–H groups in total. The van der Waals surface area contributed by atoms with Crippen LogP contribution in [-0.2, 0) is 6.18 Å². The number of rotatable bonds is 4. The van der Waals surface area contributed by atoms with Gasteiger partial charge in [-0.3, -0.25) is 4.90 Å². The molecule has 2 aromatic rings. The van der Waals surface area contributed by atoms with Crippen molar-refractivity contribution in [2.75, 3.05) is 57.8 Å². The third kappa shape index (κ3) is 5.48. The number of aromatic nitrogens is 2. The molecule has 9 heteroatoms. The van der Waals surface area contributed by atoms with Gasteiger partial charge in [-0.1, -0.05) is 17.7 Å². The van der Waals surface area contributed by atoms with Crippen molar-refractivity contribution >= 4 is 17.4 Å². The quantitative estimate of drug-likeness (QED) is 0.690. The molecule has 0 amide bonds. The van der Waals surface area contributed by atoms with E-state index < -0.39 is 11.7 Å². The molecule has 2 fully saturated rings. The number of halogens is 4. The third-order valence-corrected chi connectivity index (χ3v) is 6.47. The van der Waals surface area contributed by atoms with E-state index in [1.165, 1.54) is 38.1 Å². The van der Waals surface area contributed by atoms with E-state index in [1.54, 1.807) is 6.07 Å². The highest BCUT2D eigenvalue weighted by molar-refractivity contribution is 6.31. The Balaban J connectivity index is 1.34. The lowest BCUT2D eigenvalue weighted by Gasteiger charge is -2.38. The highest BCUT2D eigenvalue weighted by Gasteiger charge is 2.33. The highest BCUT2D eigenvalue weighted by atomic mass is 35.5. The fourth-order valence-corrected chi connectivity index (χ4v) is 4.79. The van der Waals surface area contributed by atoms with E-state index in [0.29, 0.717) is 11.3 Å². The number of anilines is 1. The lowest BCUT2D eigenvalue weighted by Crippen LogP contribution is -2.49. The topological polar surface area (TPSA) is 35.5 Å². The molecule has 31 heavy (non-hydrogen) atoms. The van der Waals surface area contributed by atoms with Crippen molar-refractivity contribution in [3.05, 3.63) is 40.9 Å². The summed E-state index contributed by atoms with van der Waals surface area (Å²) in [7, 11) is 2.20. The number of nitrogens with zero attached hydrogens (tertiary/aromatic N) is 5. The Morgan fingerprint density at radius 2 is 1.81 bits per heavy atom. The van der Waals surface area contributed by atoms with Gasteiger partial charge in [0.2, 0.25) is 0 Å². The molecule has 1 unspecified atom stereocenters. The van der Waals surface area contributed by atoms with Gasteiger partial charge in [-0.2, -0.15) is 13.2 Å². The van der Waals surface area contributed by atoms with Crippen LogP contribution >= 0.6 is 11.6 Å². The monoisotopic (exact) mass is 453 g/mol. The molecule has 3 heterocycles. The van der Waals surface area contributed by atoms with Gasteiger partial charge in [0.15, 0.2) is 5.82 Å². The second-order valence-electron chi connectivity index (χ2n) is 8.53. The second kappa shape index (κ2) is 9.30. The minimum atomic E-state index is -4.47. The van der Waals surface area contributed by atoms with Gasteiger partial charge in [0.1, 0.15) is 0 Å². The van der Waals surface area contributed by atoms with Crippen LogP contribution in [0, 0.1) is 5.92 Å². The molecule has 5 nitrogen and oxygen atoms in total. The molecular formula is C22H27ClF3N5. The van der Waals surface area contributed by atoms with E-state index in [-0.39, 0.29) is 5.02 Å². The molecule has 2 aliphatic rings. The lowest BCUT2D eigenvalue weighted by molar-refractivity contribution is -0.137. The molecule has 1 aromatic heterocycles. The van der Waals surface area contributed by atoms with Gasteiger partial charge in [0.05, 0.1) is 16.3 Å². The van der Waals surface area contributed by atoms with Crippen LogP contribution in [0.2, 0.25) is 5.02 Å². The highest BCUT2D eigenvalue weighted by Crippen LogP contribution is 2.36. The molecule has 2 aliphatic heterocycles. The summed E-state index contributed by atoms with van der Waals surface area (Å²) in [5.41, 5.74) is 0.166. The molecule has 4 rings (SSSR count). The van der Waals surface area contributed by atoms with E-state index >= 15 is 0 Å². The van der Waals surface area contributed by atoms with Crippen LogP contribution in [0.4, 0.5) is 19.0 Å². The minimum Gasteiger partial charge on any atom is -0.353 e. The van der Waals surface area contributed by atoms with E-state index in [1.807, 2.05) is 6.07 Å². The maximum Gasteiger partial charge on any atom is 0.417 e. The second-order valence-corrected chi connectivity index (χ2v) is 8.93. The van der Waals surface area contributed by atoms with Crippen molar-refractivity contribution in [1.29, 1.82) is 0 Å². The molecule has 0 aliphatic carbocycles. The maximum atomic E-state index is 12.9. The summed E-state index contributed by atoms with van der Waals surface area (Å²) in [6.45, 7) is 7.32. The van der Waals surface area contributed by atoms with Gasteiger partial charge in [0.25, 0.3) is 0 Å². The fourth-order valence-electron chi connectivity index (χ4n) is 4.50. The summed E-state index contributed by atoms with van der Waals surface area (Å²) in [5.74, 6) is 1.54. The Labute approximate surface area is 185 Å². The van der Waals surface area contributed by atoms with Gasteiger partial charge in [-0.25, -0.2) is 0 Å². The zero-order valence-corrected chi connectivity index (χ0v) is 18.3. The number of hydrogen-bond donors (Lipinski definition) is 0. The van der Waals surface area contributed by atoms with Gasteiger partial charge in [-0.15, -0.1) is 10.2 Å². The van der Waals surface area contributed by atoms with Crippen molar-refractivity contribution in [2.45, 2.75) is 19.0 Å². The summed E-state index contributed by atoms with van der Waals surface area (Å²) in [5, 5.41) is 8.21. The van der Waals surface area contributed by atoms with E-state index in [9.17, 15) is 13.2 Å². The van der Waals surface area contributed by atoms with Gasteiger partial charge < -0.3 is 9.80 Å². The van der Waals surface area contributed by atoms with E-state index in [2.05, 4.69) is 31.9 Å². The Bertz CT molecular complexity index is 882. The SMILES string of the molecule is CN1CCCC(CN2CCN(c3ccc(-c4ccc(C(F)(F)F)c(Cl)c4)nn3)CC2)C1. The Kier molecular flexibility index (Phi) is 6.69. The van der Waals surface area contributed by atoms with Crippen molar-refractivity contribution in [1.82, 2.24) is 20.0 Å².